The van der Waals surface area contributed by atoms with Crippen molar-refractivity contribution in [1.82, 2.24) is 4.98 Å². The molecule has 1 aromatic heterocycles. The van der Waals surface area contributed by atoms with Gasteiger partial charge in [-0.1, -0.05) is 0 Å². The fraction of sp³-hybridized carbons (Fsp3) is 0.375. The summed E-state index contributed by atoms with van der Waals surface area (Å²) in [5.74, 6) is -0.0195. The van der Waals surface area contributed by atoms with Crippen LogP contribution in [-0.4, -0.2) is 32.9 Å². The van der Waals surface area contributed by atoms with Gasteiger partial charge in [-0.15, -0.1) is 34.7 Å². The average molecular weight is 263 g/mol. The number of aliphatic imine (C=N–C) groups is 1. The highest BCUT2D eigenvalue weighted by atomic mass is 35.5. The van der Waals surface area contributed by atoms with E-state index in [9.17, 15) is 4.79 Å². The van der Waals surface area contributed by atoms with Gasteiger partial charge < -0.3 is 5.11 Å². The number of carboxylic acids is 1. The van der Waals surface area contributed by atoms with Crippen molar-refractivity contribution in [2.24, 2.45) is 4.99 Å². The number of thiazole rings is 1. The quantitative estimate of drug-likeness (QED) is 0.844. The number of thioether (sulfide) groups is 1. The molecule has 0 aliphatic carbocycles. The minimum Gasteiger partial charge on any atom is -0.480 e. The first kappa shape index (κ1) is 10.9. The predicted molar refractivity (Wildman–Crippen MR) is 62.1 cm³/mol. The zero-order valence-corrected chi connectivity index (χ0v) is 9.90. The highest BCUT2D eigenvalue weighted by Gasteiger charge is 2.26. The fourth-order valence-corrected chi connectivity index (χ4v) is 3.05. The molecule has 4 nitrogen and oxygen atoms in total. The van der Waals surface area contributed by atoms with E-state index in [4.69, 9.17) is 16.7 Å². The van der Waals surface area contributed by atoms with Crippen LogP contribution in [0.2, 0.25) is 0 Å². The van der Waals surface area contributed by atoms with Crippen LogP contribution in [0.4, 0.5) is 0 Å². The third kappa shape index (κ3) is 2.32. The van der Waals surface area contributed by atoms with E-state index in [-0.39, 0.29) is 0 Å². The first-order valence-corrected chi connectivity index (χ1v) is 6.55. The van der Waals surface area contributed by atoms with Crippen LogP contribution in [0.3, 0.4) is 0 Å². The number of aliphatic carboxylic acids is 1. The van der Waals surface area contributed by atoms with E-state index in [1.807, 2.05) is 5.38 Å². The van der Waals surface area contributed by atoms with E-state index in [1.165, 1.54) is 23.1 Å². The number of rotatable bonds is 3. The molecule has 80 valence electrons. The van der Waals surface area contributed by atoms with E-state index in [0.29, 0.717) is 16.7 Å². The average Bonchev–Trinajstić information content (AvgIpc) is 2.86. The lowest BCUT2D eigenvalue weighted by Crippen LogP contribution is -2.17. The molecule has 0 saturated heterocycles. The number of hydrogen-bond acceptors (Lipinski definition) is 5. The molecule has 0 fully saturated rings. The highest BCUT2D eigenvalue weighted by molar-refractivity contribution is 8.14. The Morgan fingerprint density at radius 3 is 3.07 bits per heavy atom. The lowest BCUT2D eigenvalue weighted by molar-refractivity contribution is -0.137. The summed E-state index contributed by atoms with van der Waals surface area (Å²) in [5, 5.41) is 12.2. The molecular weight excluding hydrogens is 256 g/mol. The molecule has 0 unspecified atom stereocenters. The number of nitrogens with zero attached hydrogens (tertiary/aromatic N) is 2. The number of aromatic nitrogens is 1. The minimum absolute atomic E-state index is 0.380. The van der Waals surface area contributed by atoms with E-state index in [1.54, 1.807) is 0 Å². The number of carboxylic acid groups (broad SMARTS) is 1. The maximum atomic E-state index is 10.7. The van der Waals surface area contributed by atoms with Gasteiger partial charge in [-0.2, -0.15) is 0 Å². The topological polar surface area (TPSA) is 62.5 Å². The normalized spacial score (nSPS) is 20.3. The van der Waals surface area contributed by atoms with Crippen LogP contribution in [0.1, 0.15) is 10.7 Å². The van der Waals surface area contributed by atoms with Gasteiger partial charge in [0.05, 0.1) is 5.88 Å². The second kappa shape index (κ2) is 4.51. The van der Waals surface area contributed by atoms with E-state index >= 15 is 0 Å². The maximum Gasteiger partial charge on any atom is 0.329 e. The van der Waals surface area contributed by atoms with Gasteiger partial charge in [0.1, 0.15) is 15.7 Å². The van der Waals surface area contributed by atoms with Crippen LogP contribution in [0.15, 0.2) is 10.4 Å². The zero-order chi connectivity index (χ0) is 10.8. The Hall–Kier alpha value is -0.590. The summed E-state index contributed by atoms with van der Waals surface area (Å²) in [4.78, 5) is 19.0. The van der Waals surface area contributed by atoms with Crippen molar-refractivity contribution >= 4 is 45.7 Å². The van der Waals surface area contributed by atoms with Crippen molar-refractivity contribution in [2.45, 2.75) is 11.9 Å². The molecule has 0 saturated carbocycles. The van der Waals surface area contributed by atoms with E-state index in [0.717, 1.165) is 10.7 Å². The Morgan fingerprint density at radius 2 is 2.53 bits per heavy atom. The van der Waals surface area contributed by atoms with Gasteiger partial charge in [0.2, 0.25) is 0 Å². The van der Waals surface area contributed by atoms with Crippen molar-refractivity contribution in [2.75, 3.05) is 5.75 Å². The van der Waals surface area contributed by atoms with E-state index < -0.39 is 12.0 Å². The van der Waals surface area contributed by atoms with E-state index in [2.05, 4.69) is 9.98 Å². The molecule has 0 radical (unpaired) electrons. The fourth-order valence-electron chi connectivity index (χ4n) is 1.11. The van der Waals surface area contributed by atoms with Crippen LogP contribution in [0, 0.1) is 0 Å². The molecule has 1 N–H and O–H groups in total. The van der Waals surface area contributed by atoms with Gasteiger partial charge in [0.15, 0.2) is 6.04 Å². The summed E-state index contributed by atoms with van der Waals surface area (Å²) in [6.45, 7) is 0. The van der Waals surface area contributed by atoms with Crippen molar-refractivity contribution in [3.63, 3.8) is 0 Å². The summed E-state index contributed by atoms with van der Waals surface area (Å²) in [6.07, 6.45) is 0. The first-order chi connectivity index (χ1) is 7.20. The largest absolute Gasteiger partial charge is 0.480 e. The van der Waals surface area contributed by atoms with Crippen LogP contribution in [0.25, 0.3) is 0 Å². The number of carbonyl (C=O) groups is 1. The van der Waals surface area contributed by atoms with Crippen LogP contribution < -0.4 is 0 Å². The Labute approximate surface area is 99.4 Å². The van der Waals surface area contributed by atoms with Gasteiger partial charge in [-0.3, -0.25) is 4.99 Å². The molecule has 1 aromatic rings. The second-order valence-electron chi connectivity index (χ2n) is 2.86. The summed E-state index contributed by atoms with van der Waals surface area (Å²) < 4.78 is 0. The van der Waals surface area contributed by atoms with Gasteiger partial charge in [-0.05, 0) is 0 Å². The molecular formula is C8H7ClN2O2S2. The summed E-state index contributed by atoms with van der Waals surface area (Å²) in [6, 6.07) is -0.633. The van der Waals surface area contributed by atoms with Crippen LogP contribution in [-0.2, 0) is 10.7 Å². The lowest BCUT2D eigenvalue weighted by Gasteiger charge is -1.93. The van der Waals surface area contributed by atoms with Gasteiger partial charge in [0.25, 0.3) is 0 Å². The number of alkyl halides is 1. The lowest BCUT2D eigenvalue weighted by atomic mass is 10.4. The number of hydrogen-bond donors (Lipinski definition) is 1. The number of halogens is 1. The predicted octanol–water partition coefficient (Wildman–Crippen LogP) is 1.83. The molecule has 0 spiro atoms. The zero-order valence-electron chi connectivity index (χ0n) is 7.51. The van der Waals surface area contributed by atoms with Crippen LogP contribution in [0.5, 0.6) is 0 Å². The standard InChI is InChI=1S/C8H7ClN2O2S2/c9-1-6-10-4(2-14-6)7-11-5(3-15-7)8(12)13/h2,5H,1,3H2,(H,12,13)/t5-/m0/s1. The van der Waals surface area contributed by atoms with Gasteiger partial charge >= 0.3 is 5.97 Å². The molecule has 0 aromatic carbocycles. The maximum absolute atomic E-state index is 10.7. The minimum atomic E-state index is -0.884. The Morgan fingerprint density at radius 1 is 1.73 bits per heavy atom. The molecule has 2 rings (SSSR count). The molecule has 0 amide bonds. The third-order valence-electron chi connectivity index (χ3n) is 1.82. The van der Waals surface area contributed by atoms with Crippen molar-refractivity contribution in [1.29, 1.82) is 0 Å². The summed E-state index contributed by atoms with van der Waals surface area (Å²) >= 11 is 8.52. The third-order valence-corrected chi connectivity index (χ3v) is 4.15. The molecule has 2 heterocycles. The molecule has 1 aliphatic heterocycles. The molecule has 1 aliphatic rings. The Bertz CT molecular complexity index is 419. The van der Waals surface area contributed by atoms with Crippen molar-refractivity contribution in [3.8, 4) is 0 Å². The first-order valence-electron chi connectivity index (χ1n) is 4.15. The van der Waals surface area contributed by atoms with Gasteiger partial charge in [-0.25, -0.2) is 9.78 Å². The highest BCUT2D eigenvalue weighted by Crippen LogP contribution is 2.25. The smallest absolute Gasteiger partial charge is 0.329 e. The SMILES string of the molecule is O=C(O)[C@@H]1CSC(c2csc(CCl)n2)=N1. The van der Waals surface area contributed by atoms with Gasteiger partial charge in [0, 0.05) is 11.1 Å². The monoisotopic (exact) mass is 262 g/mol. The summed E-state index contributed by atoms with van der Waals surface area (Å²) in [7, 11) is 0. The molecule has 15 heavy (non-hydrogen) atoms. The Kier molecular flexibility index (Phi) is 3.28. The summed E-state index contributed by atoms with van der Waals surface area (Å²) in [5.41, 5.74) is 0.740. The second-order valence-corrected chi connectivity index (χ2v) is 5.08. The molecule has 1 atom stereocenters. The van der Waals surface area contributed by atoms with Crippen molar-refractivity contribution < 1.29 is 9.90 Å². The molecule has 7 heteroatoms. The molecule has 0 bridgehead atoms. The van der Waals surface area contributed by atoms with Crippen molar-refractivity contribution in [3.05, 3.63) is 16.1 Å². The Balaban J connectivity index is 2.18. The van der Waals surface area contributed by atoms with Crippen LogP contribution >= 0.6 is 34.7 Å².